The zero-order valence-corrected chi connectivity index (χ0v) is 26.4. The van der Waals surface area contributed by atoms with Crippen molar-refractivity contribution in [2.24, 2.45) is 0 Å². The molecule has 0 spiro atoms. The number of anilines is 3. The van der Waals surface area contributed by atoms with Crippen LogP contribution in [0.2, 0.25) is 0 Å². The number of nitrogens with zero attached hydrogens (tertiary/aromatic N) is 2. The molecule has 0 aliphatic heterocycles. The number of rotatable bonds is 6. The normalized spacial score (nSPS) is 11.3. The Labute approximate surface area is 280 Å². The molecule has 1 heterocycles. The Morgan fingerprint density at radius 3 is 1.35 bits per heavy atom. The first kappa shape index (κ1) is 27.9. The fourth-order valence-corrected chi connectivity index (χ4v) is 7.07. The predicted molar refractivity (Wildman–Crippen MR) is 204 cm³/mol. The van der Waals surface area contributed by atoms with Crippen molar-refractivity contribution >= 4 is 49.6 Å². The average molecular weight is 613 g/mol. The van der Waals surface area contributed by atoms with Gasteiger partial charge >= 0.3 is 0 Å². The summed E-state index contributed by atoms with van der Waals surface area (Å²) in [7, 11) is 0. The summed E-state index contributed by atoms with van der Waals surface area (Å²) in [6, 6.07) is 69.8. The lowest BCUT2D eigenvalue weighted by Crippen LogP contribution is -2.10. The SMILES string of the molecule is c1ccc(N(c2ccc(-c3ccc(-c4ccc(-n5c6ccccc6c6ccccc65)cc4)cc3)cc2)c2cccc3ccccc23)cc1. The molecule has 0 saturated carbocycles. The fraction of sp³-hybridized carbons (Fsp3) is 0. The summed E-state index contributed by atoms with van der Waals surface area (Å²) in [6.45, 7) is 0. The second kappa shape index (κ2) is 11.8. The predicted octanol–water partition coefficient (Wildman–Crippen LogP) is 12.7. The van der Waals surface area contributed by atoms with Gasteiger partial charge in [-0.15, -0.1) is 0 Å². The second-order valence-corrected chi connectivity index (χ2v) is 12.2. The molecular weight excluding hydrogens is 581 g/mol. The third-order valence-corrected chi connectivity index (χ3v) is 9.40. The van der Waals surface area contributed by atoms with Crippen LogP contribution in [0.1, 0.15) is 0 Å². The van der Waals surface area contributed by atoms with Gasteiger partial charge in [-0.05, 0) is 82.2 Å². The van der Waals surface area contributed by atoms with E-state index >= 15 is 0 Å². The van der Waals surface area contributed by atoms with Crippen LogP contribution in [0.25, 0.3) is 60.5 Å². The van der Waals surface area contributed by atoms with Gasteiger partial charge < -0.3 is 9.47 Å². The van der Waals surface area contributed by atoms with Gasteiger partial charge in [-0.25, -0.2) is 0 Å². The Kier molecular flexibility index (Phi) is 6.84. The van der Waals surface area contributed by atoms with Crippen LogP contribution >= 0.6 is 0 Å². The number of aromatic nitrogens is 1. The van der Waals surface area contributed by atoms with Gasteiger partial charge in [0, 0.05) is 33.2 Å². The van der Waals surface area contributed by atoms with E-state index in [9.17, 15) is 0 Å². The van der Waals surface area contributed by atoms with Crippen molar-refractivity contribution < 1.29 is 0 Å². The van der Waals surface area contributed by atoms with E-state index in [4.69, 9.17) is 0 Å². The highest BCUT2D eigenvalue weighted by atomic mass is 15.1. The minimum Gasteiger partial charge on any atom is -0.310 e. The first-order chi connectivity index (χ1) is 23.8. The molecule has 0 unspecified atom stereocenters. The van der Waals surface area contributed by atoms with E-state index in [1.807, 2.05) is 0 Å². The van der Waals surface area contributed by atoms with Crippen LogP contribution in [0.15, 0.2) is 194 Å². The third-order valence-electron chi connectivity index (χ3n) is 9.40. The summed E-state index contributed by atoms with van der Waals surface area (Å²) < 4.78 is 2.36. The summed E-state index contributed by atoms with van der Waals surface area (Å²) in [4.78, 5) is 2.35. The van der Waals surface area contributed by atoms with E-state index in [2.05, 4.69) is 204 Å². The van der Waals surface area contributed by atoms with Crippen LogP contribution < -0.4 is 4.90 Å². The molecule has 0 fully saturated rings. The molecule has 0 atom stereocenters. The molecule has 0 bridgehead atoms. The van der Waals surface area contributed by atoms with Crippen molar-refractivity contribution in [3.05, 3.63) is 194 Å². The van der Waals surface area contributed by atoms with Crippen molar-refractivity contribution in [3.8, 4) is 27.9 Å². The molecule has 9 aromatic rings. The number of hydrogen-bond donors (Lipinski definition) is 0. The van der Waals surface area contributed by atoms with Gasteiger partial charge in [-0.3, -0.25) is 0 Å². The highest BCUT2D eigenvalue weighted by molar-refractivity contribution is 6.09. The summed E-state index contributed by atoms with van der Waals surface area (Å²) in [5.74, 6) is 0. The molecule has 1 aromatic heterocycles. The molecule has 226 valence electrons. The Hall–Kier alpha value is -6.38. The van der Waals surface area contributed by atoms with Crippen molar-refractivity contribution in [3.63, 3.8) is 0 Å². The van der Waals surface area contributed by atoms with Gasteiger partial charge in [0.1, 0.15) is 0 Å². The topological polar surface area (TPSA) is 8.17 Å². The van der Waals surface area contributed by atoms with Crippen molar-refractivity contribution in [1.29, 1.82) is 0 Å². The summed E-state index contributed by atoms with van der Waals surface area (Å²) in [5, 5.41) is 5.02. The standard InChI is InChI=1S/C46H32N2/c1-2-13-38(14-3-1)47(44-20-10-12-37-11-4-5-15-41(37)44)39-29-25-35(26-30-39)33-21-23-34(24-22-33)36-27-31-40(32-28-36)48-45-18-8-6-16-42(45)43-17-7-9-19-46(43)48/h1-32H. The van der Waals surface area contributed by atoms with Crippen molar-refractivity contribution in [2.75, 3.05) is 4.90 Å². The van der Waals surface area contributed by atoms with E-state index in [1.54, 1.807) is 0 Å². The molecule has 0 saturated heterocycles. The zero-order valence-electron chi connectivity index (χ0n) is 26.4. The minimum absolute atomic E-state index is 1.13. The van der Waals surface area contributed by atoms with Gasteiger partial charge in [-0.2, -0.15) is 0 Å². The maximum Gasteiger partial charge on any atom is 0.0541 e. The molecule has 48 heavy (non-hydrogen) atoms. The second-order valence-electron chi connectivity index (χ2n) is 12.2. The minimum atomic E-state index is 1.13. The molecule has 0 radical (unpaired) electrons. The summed E-state index contributed by atoms with van der Waals surface area (Å²) in [6.07, 6.45) is 0. The molecule has 8 aromatic carbocycles. The van der Waals surface area contributed by atoms with Gasteiger partial charge in [0.05, 0.1) is 16.7 Å². The molecule has 2 nitrogen and oxygen atoms in total. The van der Waals surface area contributed by atoms with E-state index in [1.165, 1.54) is 66.2 Å². The molecular formula is C46H32N2. The number of benzene rings is 8. The molecule has 0 N–H and O–H groups in total. The Morgan fingerprint density at radius 2 is 0.750 bits per heavy atom. The van der Waals surface area contributed by atoms with Gasteiger partial charge in [0.25, 0.3) is 0 Å². The van der Waals surface area contributed by atoms with E-state index < -0.39 is 0 Å². The Balaban J connectivity index is 1.01. The lowest BCUT2D eigenvalue weighted by Gasteiger charge is -2.27. The lowest BCUT2D eigenvalue weighted by molar-refractivity contribution is 1.18. The lowest BCUT2D eigenvalue weighted by atomic mass is 9.99. The van der Waals surface area contributed by atoms with Gasteiger partial charge in [0.2, 0.25) is 0 Å². The average Bonchev–Trinajstić information content (AvgIpc) is 3.50. The quantitative estimate of drug-likeness (QED) is 0.181. The van der Waals surface area contributed by atoms with Gasteiger partial charge in [-0.1, -0.05) is 140 Å². The summed E-state index contributed by atoms with van der Waals surface area (Å²) >= 11 is 0. The molecule has 0 aliphatic rings. The van der Waals surface area contributed by atoms with Crippen LogP contribution in [-0.4, -0.2) is 4.57 Å². The molecule has 2 heteroatoms. The highest BCUT2D eigenvalue weighted by Gasteiger charge is 2.15. The van der Waals surface area contributed by atoms with Crippen LogP contribution in [0, 0.1) is 0 Å². The molecule has 9 rings (SSSR count). The van der Waals surface area contributed by atoms with Crippen LogP contribution in [0.3, 0.4) is 0 Å². The Bertz CT molecular complexity index is 2470. The molecule has 0 aliphatic carbocycles. The third kappa shape index (κ3) is 4.83. The number of hydrogen-bond acceptors (Lipinski definition) is 1. The number of fused-ring (bicyclic) bond motifs is 4. The fourth-order valence-electron chi connectivity index (χ4n) is 7.07. The van der Waals surface area contributed by atoms with Crippen LogP contribution in [0.4, 0.5) is 17.1 Å². The van der Waals surface area contributed by atoms with E-state index in [0.29, 0.717) is 0 Å². The van der Waals surface area contributed by atoms with E-state index in [-0.39, 0.29) is 0 Å². The smallest absolute Gasteiger partial charge is 0.0541 e. The first-order valence-electron chi connectivity index (χ1n) is 16.4. The monoisotopic (exact) mass is 612 g/mol. The number of para-hydroxylation sites is 3. The van der Waals surface area contributed by atoms with Crippen molar-refractivity contribution in [2.45, 2.75) is 0 Å². The Morgan fingerprint density at radius 1 is 0.312 bits per heavy atom. The van der Waals surface area contributed by atoms with Crippen LogP contribution in [0.5, 0.6) is 0 Å². The van der Waals surface area contributed by atoms with Crippen LogP contribution in [-0.2, 0) is 0 Å². The van der Waals surface area contributed by atoms with E-state index in [0.717, 1.165) is 11.4 Å². The summed E-state index contributed by atoms with van der Waals surface area (Å²) in [5.41, 5.74) is 11.8. The van der Waals surface area contributed by atoms with Gasteiger partial charge in [0.15, 0.2) is 0 Å². The maximum atomic E-state index is 2.36. The molecule has 0 amide bonds. The zero-order chi connectivity index (χ0) is 31.9. The first-order valence-corrected chi connectivity index (χ1v) is 16.4. The maximum absolute atomic E-state index is 2.36. The largest absolute Gasteiger partial charge is 0.310 e. The highest BCUT2D eigenvalue weighted by Crippen LogP contribution is 2.39. The van der Waals surface area contributed by atoms with Crippen molar-refractivity contribution in [1.82, 2.24) is 4.57 Å².